The molecule has 0 saturated carbocycles. The summed E-state index contributed by atoms with van der Waals surface area (Å²) < 4.78 is 2.24. The fourth-order valence-corrected chi connectivity index (χ4v) is 16.3. The van der Waals surface area contributed by atoms with Gasteiger partial charge in [0.1, 0.15) is 0 Å². The molecule has 0 amide bonds. The first kappa shape index (κ1) is 75.8. The van der Waals surface area contributed by atoms with Crippen LogP contribution in [0.1, 0.15) is 85.2 Å². The number of aryl methyl sites for hydroxylation is 4. The Morgan fingerprint density at radius 1 is 0.286 bits per heavy atom. The summed E-state index contributed by atoms with van der Waals surface area (Å²) in [5.41, 5.74) is 37.8. The number of rotatable bonds is 0. The van der Waals surface area contributed by atoms with E-state index in [4.69, 9.17) is 0 Å². The zero-order chi connectivity index (χ0) is 77.3. The second-order valence-corrected chi connectivity index (χ2v) is 29.7. The van der Waals surface area contributed by atoms with Crippen molar-refractivity contribution in [1.82, 2.24) is 4.57 Å². The number of para-hydroxylation sites is 9. The SMILES string of the molecule is C=C1C=CC2=C1C=CC2.C=C1C=CC=C1.C=C1CCc2ccccc21.C=C1Cc2ccccc2C1.CN1Cc2ccccc2Cc2ccccc21.CN1c2ccccc2C=Cc2ccccc21.CN1c2ccccc2CCc2ccccc21.CN1c2ccccc2Cc2ccccc21.Cn1c2ccccc2c2ccccc21. The molecule has 112 heavy (non-hydrogen) atoms. The minimum Gasteiger partial charge on any atom is -0.370 e. The van der Waals surface area contributed by atoms with Crippen molar-refractivity contribution in [3.63, 3.8) is 0 Å². The van der Waals surface area contributed by atoms with Crippen LogP contribution >= 0.6 is 0 Å². The van der Waals surface area contributed by atoms with E-state index >= 15 is 0 Å². The molecule has 12 aromatic carbocycles. The first-order valence-corrected chi connectivity index (χ1v) is 39.3. The molecule has 13 aromatic rings. The number of nitrogens with zero attached hydrogens (tertiary/aromatic N) is 5. The Kier molecular flexibility index (Phi) is 24.4. The van der Waals surface area contributed by atoms with Crippen LogP contribution < -0.4 is 19.6 Å². The van der Waals surface area contributed by atoms with Crippen LogP contribution in [0.2, 0.25) is 0 Å². The number of hydrogen-bond acceptors (Lipinski definition) is 4. The van der Waals surface area contributed by atoms with Gasteiger partial charge in [-0.1, -0.05) is 329 Å². The summed E-state index contributed by atoms with van der Waals surface area (Å²) in [7, 11) is 10.7. The summed E-state index contributed by atoms with van der Waals surface area (Å²) in [5, 5.41) is 2.68. The van der Waals surface area contributed by atoms with Crippen molar-refractivity contribution in [3.8, 4) is 0 Å². The number of hydrogen-bond donors (Lipinski definition) is 0. The Balaban J connectivity index is 0.000000106. The molecule has 22 rings (SSSR count). The molecule has 0 atom stereocenters. The standard InChI is InChI=1S/C15H15N.C15H13N.C15H15N.C14H13N.C13H11N.2C10H10.C9H8.C6H6/c2*1-16-14-8-4-2-6-12(14)10-11-13-7-3-5-9-15(13)16;1-16-11-14-8-3-2-6-12(14)10-13-7-4-5-9-15(13)16;1-15-13-8-4-2-6-11(13)10-12-7-3-5-9-14(12)15;1-14-12-8-4-2-6-10(12)11-7-3-5-9-13(11)14;1-8-6-9-4-2-3-5-10(9)7-8;1-8-6-7-9-4-2-3-5-10(8)9;1-7-5-6-8-3-2-4-9(7)8;1-6-4-2-3-5-6/h2-9H,10-11H2,1H3;2-11H,1H3;2-9H,10-11H2,1H3;2-9H,10H2,1H3;2-9H,1H3;2*2-5H,1,6-7H2;2,4-6H,1,3H2;2-5H,1H2. The van der Waals surface area contributed by atoms with Crippen LogP contribution in [0.15, 0.2) is 394 Å². The lowest BCUT2D eigenvalue weighted by atomic mass is 9.96. The van der Waals surface area contributed by atoms with Crippen LogP contribution in [0, 0.1) is 0 Å². The van der Waals surface area contributed by atoms with Crippen LogP contribution in [-0.2, 0) is 58.5 Å². The minimum atomic E-state index is 1.01. The molecule has 9 aliphatic rings. The molecular formula is C107H101N5. The number of benzene rings is 12. The average Bonchev–Trinajstić information content (AvgIpc) is 1.56. The van der Waals surface area contributed by atoms with Gasteiger partial charge >= 0.3 is 0 Å². The van der Waals surface area contributed by atoms with Gasteiger partial charge in [0, 0.05) is 110 Å². The Bertz CT molecular complexity index is 5560. The summed E-state index contributed by atoms with van der Waals surface area (Å²) in [6, 6.07) is 103. The maximum Gasteiger partial charge on any atom is 0.0488 e. The Hall–Kier alpha value is -13.0. The van der Waals surface area contributed by atoms with Crippen molar-refractivity contribution in [1.29, 1.82) is 0 Å². The first-order valence-electron chi connectivity index (χ1n) is 39.3. The summed E-state index contributed by atoms with van der Waals surface area (Å²) in [6.45, 7) is 16.6. The van der Waals surface area contributed by atoms with Gasteiger partial charge < -0.3 is 24.2 Å². The third kappa shape index (κ3) is 17.8. The lowest BCUT2D eigenvalue weighted by Gasteiger charge is -2.29. The van der Waals surface area contributed by atoms with Crippen LogP contribution in [0.4, 0.5) is 39.8 Å². The third-order valence-electron chi connectivity index (χ3n) is 22.3. The van der Waals surface area contributed by atoms with Gasteiger partial charge in [-0.15, -0.1) is 0 Å². The molecule has 5 heteroatoms. The highest BCUT2D eigenvalue weighted by atomic mass is 15.1. The van der Waals surface area contributed by atoms with Crippen molar-refractivity contribution < 1.29 is 0 Å². The molecule has 5 aliphatic carbocycles. The predicted octanol–water partition coefficient (Wildman–Crippen LogP) is 26.4. The second-order valence-electron chi connectivity index (χ2n) is 29.7. The molecule has 0 radical (unpaired) electrons. The lowest BCUT2D eigenvalue weighted by molar-refractivity contribution is 0.926. The second kappa shape index (κ2) is 36.0. The smallest absolute Gasteiger partial charge is 0.0488 e. The predicted molar refractivity (Wildman–Crippen MR) is 483 cm³/mol. The molecule has 0 unspecified atom stereocenters. The van der Waals surface area contributed by atoms with Crippen LogP contribution in [0.25, 0.3) is 39.5 Å². The number of allylic oxidation sites excluding steroid dienone is 14. The van der Waals surface area contributed by atoms with Crippen molar-refractivity contribution in [2.45, 2.75) is 64.3 Å². The van der Waals surface area contributed by atoms with E-state index in [1.807, 2.05) is 24.3 Å². The molecule has 0 N–H and O–H groups in total. The van der Waals surface area contributed by atoms with Gasteiger partial charge in [-0.25, -0.2) is 0 Å². The highest BCUT2D eigenvalue weighted by Gasteiger charge is 2.22. The van der Waals surface area contributed by atoms with Crippen molar-refractivity contribution >= 4 is 79.3 Å². The van der Waals surface area contributed by atoms with E-state index < -0.39 is 0 Å². The fraction of sp³-hybridized carbons (Fsp3) is 0.140. The largest absolute Gasteiger partial charge is 0.370 e. The molecule has 5 heterocycles. The van der Waals surface area contributed by atoms with E-state index in [9.17, 15) is 0 Å². The molecule has 4 aliphatic heterocycles. The highest BCUT2D eigenvalue weighted by molar-refractivity contribution is 6.08. The van der Waals surface area contributed by atoms with Gasteiger partial charge in [0.25, 0.3) is 0 Å². The van der Waals surface area contributed by atoms with Gasteiger partial charge in [-0.2, -0.15) is 0 Å². The quantitative estimate of drug-likeness (QED) is 0.141. The van der Waals surface area contributed by atoms with E-state index in [1.165, 1.54) is 168 Å². The molecule has 0 spiro atoms. The molecule has 0 bridgehead atoms. The molecule has 0 saturated heterocycles. The van der Waals surface area contributed by atoms with E-state index in [0.717, 1.165) is 63.5 Å². The maximum atomic E-state index is 4.00. The Labute approximate surface area is 665 Å². The van der Waals surface area contributed by atoms with Crippen LogP contribution in [0.5, 0.6) is 0 Å². The zero-order valence-corrected chi connectivity index (χ0v) is 65.6. The summed E-state index contributed by atoms with van der Waals surface area (Å²) >= 11 is 0. The zero-order valence-electron chi connectivity index (χ0n) is 65.6. The number of aromatic nitrogens is 1. The molecular weight excluding hydrogens is 1360 g/mol. The van der Waals surface area contributed by atoms with Crippen LogP contribution in [-0.4, -0.2) is 32.8 Å². The van der Waals surface area contributed by atoms with E-state index in [0.29, 0.717) is 0 Å². The molecule has 5 nitrogen and oxygen atoms in total. The van der Waals surface area contributed by atoms with Gasteiger partial charge in [-0.3, -0.25) is 0 Å². The van der Waals surface area contributed by atoms with Gasteiger partial charge in [0.2, 0.25) is 0 Å². The Morgan fingerprint density at radius 2 is 0.652 bits per heavy atom. The summed E-state index contributed by atoms with van der Waals surface area (Å²) in [5.74, 6) is 0. The normalized spacial score (nSPS) is 14.4. The maximum absolute atomic E-state index is 4.00. The lowest BCUT2D eigenvalue weighted by Crippen LogP contribution is -2.18. The topological polar surface area (TPSA) is 17.9 Å². The first-order chi connectivity index (χ1) is 54.8. The van der Waals surface area contributed by atoms with Gasteiger partial charge in [0.05, 0.1) is 0 Å². The van der Waals surface area contributed by atoms with Gasteiger partial charge in [-0.05, 0) is 206 Å². The monoisotopic (exact) mass is 1460 g/mol. The van der Waals surface area contributed by atoms with Crippen molar-refractivity contribution in [2.75, 3.05) is 47.8 Å². The Morgan fingerprint density at radius 3 is 1.13 bits per heavy atom. The van der Waals surface area contributed by atoms with Crippen molar-refractivity contribution in [3.05, 3.63) is 466 Å². The third-order valence-corrected chi connectivity index (χ3v) is 22.3. The van der Waals surface area contributed by atoms with Crippen LogP contribution in [0.3, 0.4) is 0 Å². The number of anilines is 7. The van der Waals surface area contributed by atoms with Crippen molar-refractivity contribution in [2.24, 2.45) is 7.05 Å². The van der Waals surface area contributed by atoms with E-state index in [-0.39, 0.29) is 0 Å². The molecule has 554 valence electrons. The fourth-order valence-electron chi connectivity index (χ4n) is 16.3. The summed E-state index contributed by atoms with van der Waals surface area (Å²) in [4.78, 5) is 9.15. The highest BCUT2D eigenvalue weighted by Crippen LogP contribution is 2.40. The average molecular weight is 1460 g/mol. The van der Waals surface area contributed by atoms with E-state index in [1.54, 1.807) is 0 Å². The van der Waals surface area contributed by atoms with E-state index in [2.05, 4.69) is 413 Å². The van der Waals surface area contributed by atoms with Gasteiger partial charge in [0.15, 0.2) is 0 Å². The molecule has 1 aromatic heterocycles. The summed E-state index contributed by atoms with van der Waals surface area (Å²) in [6.07, 6.45) is 30.8. The number of fused-ring (bicyclic) bond motifs is 13. The molecule has 0 fully saturated rings. The minimum absolute atomic E-state index is 1.01.